The number of benzene rings is 1. The monoisotopic (exact) mass is 305 g/mol. The molecule has 7 heteroatoms. The van der Waals surface area contributed by atoms with Crippen molar-refractivity contribution in [2.24, 2.45) is 0 Å². The molecule has 1 aromatic rings. The standard InChI is InChI=1S/C14H15F4NO2/c15-11-5-4-9(8-10(11)14(16,17)18)12(13(20)21)19-6-2-1-3-7-19/h4-5,8,12H,1-3,6-7H2,(H,20,21). The van der Waals surface area contributed by atoms with Crippen molar-refractivity contribution < 1.29 is 27.5 Å². The Morgan fingerprint density at radius 1 is 1.19 bits per heavy atom. The lowest BCUT2D eigenvalue weighted by atomic mass is 9.99. The third-order valence-electron chi connectivity index (χ3n) is 3.60. The summed E-state index contributed by atoms with van der Waals surface area (Å²) >= 11 is 0. The summed E-state index contributed by atoms with van der Waals surface area (Å²) in [5.41, 5.74) is -1.47. The second-order valence-corrected chi connectivity index (χ2v) is 5.07. The zero-order chi connectivity index (χ0) is 15.6. The summed E-state index contributed by atoms with van der Waals surface area (Å²) in [6, 6.07) is 1.21. The number of rotatable bonds is 3. The molecule has 0 saturated carbocycles. The molecule has 0 amide bonds. The van der Waals surface area contributed by atoms with E-state index in [1.165, 1.54) is 0 Å². The molecule has 3 nitrogen and oxygen atoms in total. The van der Waals surface area contributed by atoms with Gasteiger partial charge in [0.15, 0.2) is 0 Å². The van der Waals surface area contributed by atoms with E-state index in [4.69, 9.17) is 0 Å². The van der Waals surface area contributed by atoms with Crippen LogP contribution < -0.4 is 0 Å². The van der Waals surface area contributed by atoms with Crippen LogP contribution in [0.3, 0.4) is 0 Å². The molecule has 1 saturated heterocycles. The Kier molecular flexibility index (Phi) is 4.51. The lowest BCUT2D eigenvalue weighted by Crippen LogP contribution is -2.38. The SMILES string of the molecule is O=C(O)C(c1ccc(F)c(C(F)(F)F)c1)N1CCCCC1. The van der Waals surface area contributed by atoms with Crippen molar-refractivity contribution >= 4 is 5.97 Å². The molecule has 1 atom stereocenters. The summed E-state index contributed by atoms with van der Waals surface area (Å²) < 4.78 is 51.5. The van der Waals surface area contributed by atoms with Crippen molar-refractivity contribution in [1.29, 1.82) is 0 Å². The van der Waals surface area contributed by atoms with E-state index >= 15 is 0 Å². The van der Waals surface area contributed by atoms with Crippen molar-refractivity contribution in [2.75, 3.05) is 13.1 Å². The maximum atomic E-state index is 13.3. The highest BCUT2D eigenvalue weighted by molar-refractivity contribution is 5.75. The fraction of sp³-hybridized carbons (Fsp3) is 0.500. The summed E-state index contributed by atoms with van der Waals surface area (Å²) in [5.74, 6) is -2.62. The number of hydrogen-bond donors (Lipinski definition) is 1. The van der Waals surface area contributed by atoms with Gasteiger partial charge in [-0.3, -0.25) is 9.69 Å². The van der Waals surface area contributed by atoms with Gasteiger partial charge in [-0.15, -0.1) is 0 Å². The number of hydrogen-bond acceptors (Lipinski definition) is 2. The van der Waals surface area contributed by atoms with Gasteiger partial charge in [0, 0.05) is 0 Å². The van der Waals surface area contributed by atoms with E-state index < -0.39 is 29.6 Å². The third kappa shape index (κ3) is 3.53. The molecule has 1 aliphatic rings. The Hall–Kier alpha value is -1.63. The molecule has 21 heavy (non-hydrogen) atoms. The van der Waals surface area contributed by atoms with Crippen LogP contribution in [0.25, 0.3) is 0 Å². The van der Waals surface area contributed by atoms with Crippen LogP contribution in [0, 0.1) is 5.82 Å². The number of nitrogens with zero attached hydrogens (tertiary/aromatic N) is 1. The van der Waals surface area contributed by atoms with Gasteiger partial charge in [0.1, 0.15) is 11.9 Å². The lowest BCUT2D eigenvalue weighted by Gasteiger charge is -2.32. The fourth-order valence-corrected chi connectivity index (χ4v) is 2.62. The topological polar surface area (TPSA) is 40.5 Å². The van der Waals surface area contributed by atoms with Crippen LogP contribution in [0.4, 0.5) is 17.6 Å². The first-order valence-electron chi connectivity index (χ1n) is 6.64. The van der Waals surface area contributed by atoms with E-state index in [0.717, 1.165) is 25.3 Å². The van der Waals surface area contributed by atoms with Crippen LogP contribution >= 0.6 is 0 Å². The van der Waals surface area contributed by atoms with Crippen LogP contribution in [-0.2, 0) is 11.0 Å². The number of halogens is 4. The number of aliphatic carboxylic acids is 1. The predicted octanol–water partition coefficient (Wildman–Crippen LogP) is 3.46. The highest BCUT2D eigenvalue weighted by Crippen LogP contribution is 2.34. The Balaban J connectivity index is 2.39. The Labute approximate surface area is 119 Å². The minimum absolute atomic E-state index is 0.0434. The molecule has 0 bridgehead atoms. The molecule has 1 unspecified atom stereocenters. The van der Waals surface area contributed by atoms with E-state index in [9.17, 15) is 27.5 Å². The van der Waals surface area contributed by atoms with E-state index in [-0.39, 0.29) is 5.56 Å². The molecule has 0 radical (unpaired) electrons. The van der Waals surface area contributed by atoms with E-state index in [0.29, 0.717) is 25.2 Å². The molecule has 1 aliphatic heterocycles. The quantitative estimate of drug-likeness (QED) is 0.870. The molecule has 0 spiro atoms. The molecule has 2 rings (SSSR count). The van der Waals surface area contributed by atoms with Gasteiger partial charge in [0.05, 0.1) is 5.56 Å². The number of carboxylic acids is 1. The highest BCUT2D eigenvalue weighted by atomic mass is 19.4. The van der Waals surface area contributed by atoms with Gasteiger partial charge in [0.2, 0.25) is 0 Å². The molecular formula is C14H15F4NO2. The average molecular weight is 305 g/mol. The maximum Gasteiger partial charge on any atom is 0.419 e. The van der Waals surface area contributed by atoms with Crippen LogP contribution in [0.5, 0.6) is 0 Å². The van der Waals surface area contributed by atoms with Crippen molar-refractivity contribution in [3.63, 3.8) is 0 Å². The Morgan fingerprint density at radius 2 is 1.81 bits per heavy atom. The zero-order valence-corrected chi connectivity index (χ0v) is 11.2. The number of likely N-dealkylation sites (tertiary alicyclic amines) is 1. The third-order valence-corrected chi connectivity index (χ3v) is 3.60. The normalized spacial score (nSPS) is 18.5. The summed E-state index contributed by atoms with van der Waals surface area (Å²) in [6.45, 7) is 1.02. The largest absolute Gasteiger partial charge is 0.480 e. The minimum atomic E-state index is -4.84. The Morgan fingerprint density at radius 3 is 2.33 bits per heavy atom. The molecular weight excluding hydrogens is 290 g/mol. The van der Waals surface area contributed by atoms with Gasteiger partial charge in [-0.05, 0) is 43.6 Å². The molecule has 0 aliphatic carbocycles. The first-order chi connectivity index (χ1) is 9.80. The Bertz CT molecular complexity index is 524. The second kappa shape index (κ2) is 6.01. The van der Waals surface area contributed by atoms with Gasteiger partial charge in [-0.25, -0.2) is 4.39 Å². The number of alkyl halides is 3. The van der Waals surface area contributed by atoms with Crippen molar-refractivity contribution in [3.8, 4) is 0 Å². The molecule has 0 aromatic heterocycles. The van der Waals surface area contributed by atoms with Crippen molar-refractivity contribution in [3.05, 3.63) is 35.1 Å². The summed E-state index contributed by atoms with van der Waals surface area (Å²) in [4.78, 5) is 13.1. The minimum Gasteiger partial charge on any atom is -0.480 e. The van der Waals surface area contributed by atoms with Crippen LogP contribution in [0.1, 0.15) is 36.4 Å². The highest BCUT2D eigenvalue weighted by Gasteiger charge is 2.36. The van der Waals surface area contributed by atoms with Gasteiger partial charge < -0.3 is 5.11 Å². The van der Waals surface area contributed by atoms with E-state index in [1.54, 1.807) is 4.90 Å². The molecule has 116 valence electrons. The number of carboxylic acid groups (broad SMARTS) is 1. The van der Waals surface area contributed by atoms with Crippen LogP contribution in [0.15, 0.2) is 18.2 Å². The molecule has 1 N–H and O–H groups in total. The first-order valence-corrected chi connectivity index (χ1v) is 6.64. The molecule has 1 fully saturated rings. The summed E-state index contributed by atoms with van der Waals surface area (Å²) in [5, 5.41) is 9.33. The van der Waals surface area contributed by atoms with Gasteiger partial charge in [0.25, 0.3) is 0 Å². The van der Waals surface area contributed by atoms with Gasteiger partial charge >= 0.3 is 12.1 Å². The lowest BCUT2D eigenvalue weighted by molar-refractivity contribution is -0.145. The van der Waals surface area contributed by atoms with Crippen molar-refractivity contribution in [2.45, 2.75) is 31.5 Å². The van der Waals surface area contributed by atoms with Crippen LogP contribution in [0.2, 0.25) is 0 Å². The number of carbonyl (C=O) groups is 1. The fourth-order valence-electron chi connectivity index (χ4n) is 2.62. The summed E-state index contributed by atoms with van der Waals surface area (Å²) in [7, 11) is 0. The maximum absolute atomic E-state index is 13.3. The first kappa shape index (κ1) is 15.8. The zero-order valence-electron chi connectivity index (χ0n) is 11.2. The average Bonchev–Trinajstić information content (AvgIpc) is 2.40. The number of piperidine rings is 1. The van der Waals surface area contributed by atoms with E-state index in [1.807, 2.05) is 0 Å². The van der Waals surface area contributed by atoms with Gasteiger partial charge in [-0.1, -0.05) is 12.5 Å². The smallest absolute Gasteiger partial charge is 0.419 e. The predicted molar refractivity (Wildman–Crippen MR) is 67.2 cm³/mol. The van der Waals surface area contributed by atoms with E-state index in [2.05, 4.69) is 0 Å². The van der Waals surface area contributed by atoms with Gasteiger partial charge in [-0.2, -0.15) is 13.2 Å². The second-order valence-electron chi connectivity index (χ2n) is 5.07. The summed E-state index contributed by atoms with van der Waals surface area (Å²) in [6.07, 6.45) is -2.26. The van der Waals surface area contributed by atoms with Crippen LogP contribution in [-0.4, -0.2) is 29.1 Å². The molecule has 1 aromatic carbocycles. The molecule has 1 heterocycles. The van der Waals surface area contributed by atoms with Crippen molar-refractivity contribution in [1.82, 2.24) is 4.90 Å².